The minimum absolute atomic E-state index is 0.439. The van der Waals surface area contributed by atoms with Crippen molar-refractivity contribution in [2.24, 2.45) is 10.9 Å². The molecule has 17 heavy (non-hydrogen) atoms. The van der Waals surface area contributed by atoms with Crippen molar-refractivity contribution in [3.8, 4) is 0 Å². The Kier molecular flexibility index (Phi) is 3.12. The van der Waals surface area contributed by atoms with Crippen molar-refractivity contribution in [3.05, 3.63) is 23.4 Å². The molecule has 0 bridgehead atoms. The van der Waals surface area contributed by atoms with E-state index in [1.54, 1.807) is 0 Å². The molecule has 0 atom stereocenters. The van der Waals surface area contributed by atoms with Gasteiger partial charge in [0, 0.05) is 0 Å². The number of nitrogens with zero attached hydrogens (tertiary/aromatic N) is 1. The summed E-state index contributed by atoms with van der Waals surface area (Å²) >= 11 is 0. The lowest BCUT2D eigenvalue weighted by molar-refractivity contribution is -0.141. The predicted octanol–water partition coefficient (Wildman–Crippen LogP) is -0.153. The van der Waals surface area contributed by atoms with E-state index in [1.165, 1.54) is 0 Å². The van der Waals surface area contributed by atoms with Crippen LogP contribution in [0.25, 0.3) is 0 Å². The van der Waals surface area contributed by atoms with Crippen LogP contribution in [-0.2, 0) is 16.2 Å². The molecule has 0 aliphatic carbocycles. The van der Waals surface area contributed by atoms with Crippen molar-refractivity contribution in [2.45, 2.75) is 11.2 Å². The first-order valence-corrected chi connectivity index (χ1v) is 5.49. The Morgan fingerprint density at radius 1 is 1.29 bits per heavy atom. The molecule has 0 spiro atoms. The Bertz CT molecular complexity index is 567. The fourth-order valence-electron chi connectivity index (χ4n) is 1.00. The van der Waals surface area contributed by atoms with E-state index in [-0.39, 0.29) is 0 Å². The van der Waals surface area contributed by atoms with E-state index >= 15 is 0 Å². The van der Waals surface area contributed by atoms with E-state index in [0.29, 0.717) is 12.1 Å². The Morgan fingerprint density at radius 3 is 2.18 bits per heavy atom. The molecule has 0 aromatic carbocycles. The Hall–Kier alpha value is -1.68. The highest BCUT2D eigenvalue weighted by Gasteiger charge is 2.34. The van der Waals surface area contributed by atoms with Crippen LogP contribution in [0.5, 0.6) is 0 Å². The quantitative estimate of drug-likeness (QED) is 0.776. The van der Waals surface area contributed by atoms with Crippen molar-refractivity contribution >= 4 is 15.9 Å². The maximum Gasteiger partial charge on any atom is 0.433 e. The molecule has 0 unspecified atom stereocenters. The second-order valence-electron chi connectivity index (χ2n) is 2.96. The van der Waals surface area contributed by atoms with Gasteiger partial charge in [-0.2, -0.15) is 13.2 Å². The average Bonchev–Trinajstić information content (AvgIpc) is 2.14. The van der Waals surface area contributed by atoms with E-state index in [0.717, 1.165) is 0 Å². The van der Waals surface area contributed by atoms with Crippen molar-refractivity contribution in [3.63, 3.8) is 0 Å². The third kappa shape index (κ3) is 2.91. The fourth-order valence-corrected chi connectivity index (χ4v) is 1.70. The normalized spacial score (nSPS) is 12.5. The van der Waals surface area contributed by atoms with E-state index in [2.05, 4.69) is 10.1 Å². The first-order valence-electron chi connectivity index (χ1n) is 3.94. The minimum atomic E-state index is -4.85. The first kappa shape index (κ1) is 13.4. The lowest BCUT2D eigenvalue weighted by Crippen LogP contribution is -2.24. The summed E-state index contributed by atoms with van der Waals surface area (Å²) in [6.45, 7) is 0. The second-order valence-corrected chi connectivity index (χ2v) is 4.43. The number of carbonyl (C=O) groups is 1. The molecule has 1 rings (SSSR count). The highest BCUT2D eigenvalue weighted by Crippen LogP contribution is 2.28. The van der Waals surface area contributed by atoms with Gasteiger partial charge in [-0.05, 0) is 12.1 Å². The molecule has 0 fully saturated rings. The first-order chi connectivity index (χ1) is 7.53. The lowest BCUT2D eigenvalue weighted by Gasteiger charge is -2.09. The van der Waals surface area contributed by atoms with Gasteiger partial charge in [-0.1, -0.05) is 0 Å². The van der Waals surface area contributed by atoms with Crippen LogP contribution in [0.3, 0.4) is 0 Å². The summed E-state index contributed by atoms with van der Waals surface area (Å²) in [7, 11) is -4.57. The zero-order valence-electron chi connectivity index (χ0n) is 8.02. The number of amides is 1. The number of primary sulfonamides is 1. The van der Waals surface area contributed by atoms with Crippen LogP contribution in [0.4, 0.5) is 13.2 Å². The van der Waals surface area contributed by atoms with Crippen molar-refractivity contribution < 1.29 is 26.4 Å². The molecular formula is C7H6F3N3O3S. The van der Waals surface area contributed by atoms with Crippen molar-refractivity contribution in [1.82, 2.24) is 4.98 Å². The Labute approximate surface area is 93.5 Å². The summed E-state index contributed by atoms with van der Waals surface area (Å²) in [6.07, 6.45) is -4.85. The molecule has 1 heterocycles. The molecule has 0 saturated carbocycles. The summed E-state index contributed by atoms with van der Waals surface area (Å²) < 4.78 is 58.8. The fraction of sp³-hybridized carbons (Fsp3) is 0.143. The molecule has 1 aromatic heterocycles. The zero-order chi connectivity index (χ0) is 13.4. The number of carbonyl (C=O) groups excluding carboxylic acids is 1. The van der Waals surface area contributed by atoms with Gasteiger partial charge in [-0.15, -0.1) is 0 Å². The van der Waals surface area contributed by atoms with Crippen LogP contribution >= 0.6 is 0 Å². The summed E-state index contributed by atoms with van der Waals surface area (Å²) in [4.78, 5) is 13.6. The maximum atomic E-state index is 12.3. The molecule has 0 saturated heterocycles. The van der Waals surface area contributed by atoms with Crippen LogP contribution in [0.2, 0.25) is 0 Å². The third-order valence-electron chi connectivity index (χ3n) is 1.69. The van der Waals surface area contributed by atoms with Gasteiger partial charge in [0.1, 0.15) is 5.69 Å². The topological polar surface area (TPSA) is 116 Å². The summed E-state index contributed by atoms with van der Waals surface area (Å²) in [5.41, 5.74) is 2.62. The largest absolute Gasteiger partial charge is 0.433 e. The van der Waals surface area contributed by atoms with Gasteiger partial charge < -0.3 is 5.73 Å². The van der Waals surface area contributed by atoms with Crippen LogP contribution in [0.1, 0.15) is 16.1 Å². The zero-order valence-corrected chi connectivity index (χ0v) is 8.84. The molecule has 1 aromatic rings. The van der Waals surface area contributed by atoms with Gasteiger partial charge in [0.15, 0.2) is 5.03 Å². The molecule has 6 nitrogen and oxygen atoms in total. The smallest absolute Gasteiger partial charge is 0.366 e. The van der Waals surface area contributed by atoms with Gasteiger partial charge in [0.25, 0.3) is 15.9 Å². The summed E-state index contributed by atoms with van der Waals surface area (Å²) in [6, 6.07) is 1.05. The van der Waals surface area contributed by atoms with E-state index < -0.39 is 38.4 Å². The number of hydrogen-bond donors (Lipinski definition) is 2. The minimum Gasteiger partial charge on any atom is -0.366 e. The molecule has 10 heteroatoms. The third-order valence-corrected chi connectivity index (χ3v) is 2.54. The standard InChI is InChI=1S/C7H6F3N3O3S/c8-7(9,10)4-2-1-3(5(11)14)6(13-4)17(12,15)16/h1-2H,(H2,11,14)(H2,12,15,16). The highest BCUT2D eigenvalue weighted by atomic mass is 32.2. The molecule has 0 aliphatic rings. The van der Waals surface area contributed by atoms with Gasteiger partial charge in [0.2, 0.25) is 0 Å². The predicted molar refractivity (Wildman–Crippen MR) is 49.1 cm³/mol. The number of pyridine rings is 1. The van der Waals surface area contributed by atoms with Crippen LogP contribution in [-0.4, -0.2) is 19.3 Å². The lowest BCUT2D eigenvalue weighted by atomic mass is 10.2. The van der Waals surface area contributed by atoms with Gasteiger partial charge >= 0.3 is 6.18 Å². The number of halogens is 3. The summed E-state index contributed by atoms with van der Waals surface area (Å²) in [5.74, 6) is -1.24. The molecule has 94 valence electrons. The van der Waals surface area contributed by atoms with E-state index in [9.17, 15) is 26.4 Å². The molecular weight excluding hydrogens is 263 g/mol. The number of hydrogen-bond acceptors (Lipinski definition) is 4. The Morgan fingerprint density at radius 2 is 1.82 bits per heavy atom. The number of primary amides is 1. The van der Waals surface area contributed by atoms with Crippen molar-refractivity contribution in [1.29, 1.82) is 0 Å². The van der Waals surface area contributed by atoms with Crippen LogP contribution in [0, 0.1) is 0 Å². The molecule has 0 aliphatic heterocycles. The maximum absolute atomic E-state index is 12.3. The number of aromatic nitrogens is 1. The SMILES string of the molecule is NC(=O)c1ccc(C(F)(F)F)nc1S(N)(=O)=O. The van der Waals surface area contributed by atoms with E-state index in [1.807, 2.05) is 0 Å². The summed E-state index contributed by atoms with van der Waals surface area (Å²) in [5, 5.41) is 3.45. The average molecular weight is 269 g/mol. The van der Waals surface area contributed by atoms with Crippen molar-refractivity contribution in [2.75, 3.05) is 0 Å². The van der Waals surface area contributed by atoms with E-state index in [4.69, 9.17) is 5.73 Å². The molecule has 1 amide bonds. The highest BCUT2D eigenvalue weighted by molar-refractivity contribution is 7.89. The Balaban J connectivity index is 3.57. The number of sulfonamides is 1. The van der Waals surface area contributed by atoms with Crippen LogP contribution < -0.4 is 10.9 Å². The number of nitrogens with two attached hydrogens (primary N) is 2. The second kappa shape index (κ2) is 3.96. The number of alkyl halides is 3. The van der Waals surface area contributed by atoms with Gasteiger partial charge in [-0.3, -0.25) is 4.79 Å². The van der Waals surface area contributed by atoms with Crippen LogP contribution in [0.15, 0.2) is 17.2 Å². The monoisotopic (exact) mass is 269 g/mol. The van der Waals surface area contributed by atoms with Gasteiger partial charge in [0.05, 0.1) is 5.56 Å². The number of rotatable bonds is 2. The molecule has 0 radical (unpaired) electrons. The molecule has 4 N–H and O–H groups in total. The van der Waals surface area contributed by atoms with Gasteiger partial charge in [-0.25, -0.2) is 18.5 Å².